The van der Waals surface area contributed by atoms with Crippen molar-refractivity contribution in [3.05, 3.63) is 35.4 Å². The normalized spacial score (nSPS) is 19.8. The SMILES string of the molecule is CC(C)(C)OC(=O)C1NCCCc2ccccc21. The Morgan fingerprint density at radius 3 is 2.78 bits per heavy atom. The summed E-state index contributed by atoms with van der Waals surface area (Å²) in [6, 6.07) is 7.78. The van der Waals surface area contributed by atoms with Crippen molar-refractivity contribution in [3.8, 4) is 0 Å². The molecule has 0 fully saturated rings. The highest BCUT2D eigenvalue weighted by Crippen LogP contribution is 2.25. The number of benzene rings is 1. The lowest BCUT2D eigenvalue weighted by molar-refractivity contribution is -0.157. The van der Waals surface area contributed by atoms with Crippen molar-refractivity contribution in [1.29, 1.82) is 0 Å². The van der Waals surface area contributed by atoms with Crippen LogP contribution in [-0.2, 0) is 16.0 Å². The monoisotopic (exact) mass is 247 g/mol. The molecule has 0 saturated heterocycles. The smallest absolute Gasteiger partial charge is 0.328 e. The summed E-state index contributed by atoms with van der Waals surface area (Å²) in [6.07, 6.45) is 2.07. The van der Waals surface area contributed by atoms with Crippen molar-refractivity contribution in [2.24, 2.45) is 0 Å². The number of carbonyl (C=O) groups is 1. The predicted octanol–water partition coefficient (Wildman–Crippen LogP) is 2.61. The predicted molar refractivity (Wildman–Crippen MR) is 71.4 cm³/mol. The average Bonchev–Trinajstić information content (AvgIpc) is 2.48. The highest BCUT2D eigenvalue weighted by Gasteiger charge is 2.28. The van der Waals surface area contributed by atoms with Gasteiger partial charge in [0, 0.05) is 0 Å². The maximum Gasteiger partial charge on any atom is 0.328 e. The maximum atomic E-state index is 12.2. The zero-order valence-corrected chi connectivity index (χ0v) is 11.3. The standard InChI is InChI=1S/C15H21NO2/c1-15(2,3)18-14(17)13-12-9-5-4-7-11(12)8-6-10-16-13/h4-5,7,9,13,16H,6,8,10H2,1-3H3. The number of esters is 1. The van der Waals surface area contributed by atoms with Crippen LogP contribution in [0.25, 0.3) is 0 Å². The number of hydrogen-bond acceptors (Lipinski definition) is 3. The third kappa shape index (κ3) is 3.10. The molecule has 0 saturated carbocycles. The highest BCUT2D eigenvalue weighted by molar-refractivity contribution is 5.78. The van der Waals surface area contributed by atoms with Crippen LogP contribution in [0.4, 0.5) is 0 Å². The van der Waals surface area contributed by atoms with Gasteiger partial charge in [0.2, 0.25) is 0 Å². The summed E-state index contributed by atoms with van der Waals surface area (Å²) in [5.74, 6) is -0.183. The molecule has 1 N–H and O–H groups in total. The fraction of sp³-hybridized carbons (Fsp3) is 0.533. The van der Waals surface area contributed by atoms with Crippen molar-refractivity contribution in [2.75, 3.05) is 6.54 Å². The van der Waals surface area contributed by atoms with Gasteiger partial charge < -0.3 is 10.1 Å². The van der Waals surface area contributed by atoms with Crippen molar-refractivity contribution < 1.29 is 9.53 Å². The number of fused-ring (bicyclic) bond motifs is 1. The number of aryl methyl sites for hydroxylation is 1. The second kappa shape index (κ2) is 5.11. The van der Waals surface area contributed by atoms with Crippen LogP contribution in [0.3, 0.4) is 0 Å². The van der Waals surface area contributed by atoms with Crippen LogP contribution in [0.5, 0.6) is 0 Å². The minimum absolute atomic E-state index is 0.183. The molecular formula is C15H21NO2. The minimum atomic E-state index is -0.444. The fourth-order valence-electron chi connectivity index (χ4n) is 2.25. The first-order valence-electron chi connectivity index (χ1n) is 6.51. The summed E-state index contributed by atoms with van der Waals surface area (Å²) >= 11 is 0. The van der Waals surface area contributed by atoms with Crippen LogP contribution in [0.1, 0.15) is 44.4 Å². The molecule has 0 aromatic heterocycles. The quantitative estimate of drug-likeness (QED) is 0.775. The van der Waals surface area contributed by atoms with E-state index in [9.17, 15) is 4.79 Å². The Labute approximate surface area is 109 Å². The van der Waals surface area contributed by atoms with Crippen LogP contribution in [-0.4, -0.2) is 18.1 Å². The second-order valence-corrected chi connectivity index (χ2v) is 5.72. The molecule has 3 nitrogen and oxygen atoms in total. The Balaban J connectivity index is 2.25. The first kappa shape index (κ1) is 13.1. The lowest BCUT2D eigenvalue weighted by atomic mass is 9.99. The maximum absolute atomic E-state index is 12.2. The van der Waals surface area contributed by atoms with Gasteiger partial charge in [-0.1, -0.05) is 24.3 Å². The van der Waals surface area contributed by atoms with E-state index >= 15 is 0 Å². The zero-order chi connectivity index (χ0) is 13.2. The molecule has 1 aromatic rings. The van der Waals surface area contributed by atoms with E-state index in [0.29, 0.717) is 0 Å². The van der Waals surface area contributed by atoms with Crippen LogP contribution in [0, 0.1) is 0 Å². The van der Waals surface area contributed by atoms with Crippen molar-refractivity contribution in [3.63, 3.8) is 0 Å². The molecule has 98 valence electrons. The van der Waals surface area contributed by atoms with Crippen LogP contribution in [0.2, 0.25) is 0 Å². The van der Waals surface area contributed by atoms with E-state index in [1.807, 2.05) is 39.0 Å². The van der Waals surface area contributed by atoms with Gasteiger partial charge in [-0.2, -0.15) is 0 Å². The van der Waals surface area contributed by atoms with E-state index in [1.54, 1.807) is 0 Å². The topological polar surface area (TPSA) is 38.3 Å². The van der Waals surface area contributed by atoms with Crippen molar-refractivity contribution in [1.82, 2.24) is 5.32 Å². The Morgan fingerprint density at radius 2 is 2.06 bits per heavy atom. The van der Waals surface area contributed by atoms with E-state index in [0.717, 1.165) is 24.9 Å². The Bertz CT molecular complexity index is 434. The number of ether oxygens (including phenoxy) is 1. The summed E-state index contributed by atoms with van der Waals surface area (Å²) < 4.78 is 5.49. The van der Waals surface area contributed by atoms with Crippen molar-refractivity contribution in [2.45, 2.75) is 45.3 Å². The van der Waals surface area contributed by atoms with Gasteiger partial charge in [-0.25, -0.2) is 4.79 Å². The van der Waals surface area contributed by atoms with Gasteiger partial charge in [-0.05, 0) is 51.3 Å². The molecular weight excluding hydrogens is 226 g/mol. The van der Waals surface area contributed by atoms with Gasteiger partial charge in [0.15, 0.2) is 0 Å². The van der Waals surface area contributed by atoms with Gasteiger partial charge in [-0.3, -0.25) is 0 Å². The molecule has 0 radical (unpaired) electrons. The summed E-state index contributed by atoms with van der Waals surface area (Å²) in [7, 11) is 0. The molecule has 0 amide bonds. The van der Waals surface area contributed by atoms with Crippen LogP contribution < -0.4 is 5.32 Å². The van der Waals surface area contributed by atoms with E-state index in [1.165, 1.54) is 5.56 Å². The molecule has 1 aliphatic heterocycles. The molecule has 1 atom stereocenters. The van der Waals surface area contributed by atoms with E-state index in [4.69, 9.17) is 4.74 Å². The lowest BCUT2D eigenvalue weighted by Crippen LogP contribution is -2.34. The van der Waals surface area contributed by atoms with E-state index in [2.05, 4.69) is 11.4 Å². The van der Waals surface area contributed by atoms with Gasteiger partial charge in [-0.15, -0.1) is 0 Å². The lowest BCUT2D eigenvalue weighted by Gasteiger charge is -2.24. The second-order valence-electron chi connectivity index (χ2n) is 5.72. The largest absolute Gasteiger partial charge is 0.459 e. The number of hydrogen-bond donors (Lipinski definition) is 1. The van der Waals surface area contributed by atoms with Gasteiger partial charge in [0.1, 0.15) is 11.6 Å². The molecule has 1 aliphatic rings. The van der Waals surface area contributed by atoms with Gasteiger partial charge in [0.25, 0.3) is 0 Å². The summed E-state index contributed by atoms with van der Waals surface area (Å²) in [6.45, 7) is 6.53. The third-order valence-corrected chi connectivity index (χ3v) is 2.98. The molecule has 0 bridgehead atoms. The Hall–Kier alpha value is -1.35. The summed E-state index contributed by atoms with van der Waals surface area (Å²) in [5, 5.41) is 3.29. The molecule has 0 spiro atoms. The molecule has 2 rings (SSSR count). The first-order chi connectivity index (χ1) is 8.47. The molecule has 1 heterocycles. The third-order valence-electron chi connectivity index (χ3n) is 2.98. The van der Waals surface area contributed by atoms with Crippen molar-refractivity contribution >= 4 is 5.97 Å². The fourth-order valence-corrected chi connectivity index (χ4v) is 2.25. The van der Waals surface area contributed by atoms with Gasteiger partial charge >= 0.3 is 5.97 Å². The molecule has 1 unspecified atom stereocenters. The Morgan fingerprint density at radius 1 is 1.33 bits per heavy atom. The number of rotatable bonds is 1. The van der Waals surface area contributed by atoms with Gasteiger partial charge in [0.05, 0.1) is 0 Å². The van der Waals surface area contributed by atoms with Crippen LogP contribution in [0.15, 0.2) is 24.3 Å². The zero-order valence-electron chi connectivity index (χ0n) is 11.3. The Kier molecular flexibility index (Phi) is 3.71. The number of nitrogens with one attached hydrogen (secondary N) is 1. The number of carbonyl (C=O) groups excluding carboxylic acids is 1. The molecule has 0 aliphatic carbocycles. The van der Waals surface area contributed by atoms with E-state index in [-0.39, 0.29) is 12.0 Å². The average molecular weight is 247 g/mol. The molecule has 3 heteroatoms. The minimum Gasteiger partial charge on any atom is -0.459 e. The van der Waals surface area contributed by atoms with E-state index < -0.39 is 5.60 Å². The molecule has 18 heavy (non-hydrogen) atoms. The summed E-state index contributed by atoms with van der Waals surface area (Å²) in [4.78, 5) is 12.2. The first-order valence-corrected chi connectivity index (χ1v) is 6.51. The van der Waals surface area contributed by atoms with Crippen LogP contribution >= 0.6 is 0 Å². The highest BCUT2D eigenvalue weighted by atomic mass is 16.6. The molecule has 1 aromatic carbocycles. The summed E-state index contributed by atoms with van der Waals surface area (Å²) in [5.41, 5.74) is 1.86.